The van der Waals surface area contributed by atoms with E-state index in [4.69, 9.17) is 29.7 Å². The molecule has 0 radical (unpaired) electrons. The van der Waals surface area contributed by atoms with Gasteiger partial charge in [-0.3, -0.25) is 4.79 Å². The van der Waals surface area contributed by atoms with Gasteiger partial charge in [0.15, 0.2) is 11.1 Å². The number of ether oxygens (including phenoxy) is 2. The molecule has 0 aliphatic carbocycles. The molecule has 0 saturated heterocycles. The number of aliphatic hydroxyl groups excluding tert-OH is 2. The van der Waals surface area contributed by atoms with Gasteiger partial charge in [0.1, 0.15) is 24.0 Å². The molecule has 4 N–H and O–H groups in total. The molecule has 3 rings (SSSR count). The molecule has 0 spiro atoms. The summed E-state index contributed by atoms with van der Waals surface area (Å²) in [4.78, 5) is 42.3. The maximum atomic E-state index is 13.5. The fourth-order valence-electron chi connectivity index (χ4n) is 3.58. The van der Waals surface area contributed by atoms with Crippen LogP contribution in [0, 0.1) is 0 Å². The van der Waals surface area contributed by atoms with Crippen molar-refractivity contribution in [2.45, 2.75) is 44.5 Å². The van der Waals surface area contributed by atoms with Crippen LogP contribution in [0.15, 0.2) is 78.3 Å². The first-order valence-electron chi connectivity index (χ1n) is 11.9. The molecule has 3 atom stereocenters. The molecule has 0 amide bonds. The van der Waals surface area contributed by atoms with Gasteiger partial charge in [-0.05, 0) is 54.9 Å². The predicted molar refractivity (Wildman–Crippen MR) is 136 cm³/mol. The Morgan fingerprint density at radius 2 is 2.03 bits per heavy atom. The maximum absolute atomic E-state index is 13.5. The highest BCUT2D eigenvalue weighted by Crippen LogP contribution is 2.27. The number of nitrogens with zero attached hydrogens (tertiary/aromatic N) is 1. The second-order valence-electron chi connectivity index (χ2n) is 8.45. The van der Waals surface area contributed by atoms with Crippen LogP contribution in [0.1, 0.15) is 35.7 Å². The molecule has 2 aliphatic rings. The fraction of sp³-hybridized carbons (Fsp3) is 0.333. The van der Waals surface area contributed by atoms with E-state index in [1.54, 1.807) is 43.4 Å². The topological polar surface area (TPSA) is 150 Å². The van der Waals surface area contributed by atoms with Crippen molar-refractivity contribution in [1.29, 1.82) is 0 Å². The van der Waals surface area contributed by atoms with Crippen LogP contribution in [-0.2, 0) is 30.4 Å². The third-order valence-electron chi connectivity index (χ3n) is 5.61. The second kappa shape index (κ2) is 14.1. The number of carbonyl (C=O) groups is 2. The molecule has 0 fully saturated rings. The summed E-state index contributed by atoms with van der Waals surface area (Å²) in [5, 5.41) is 20.8. The first-order chi connectivity index (χ1) is 18.3. The van der Waals surface area contributed by atoms with Gasteiger partial charge in [0.2, 0.25) is 0 Å². The van der Waals surface area contributed by atoms with Crippen LogP contribution < -0.4 is 10.6 Å². The van der Waals surface area contributed by atoms with Crippen LogP contribution in [0.3, 0.4) is 0 Å². The standard InChI is InChI=1S/C27H32N2O9/c1-18-11-12-19-6-3-10-24-26(19)27(33)37-21(16-25(32)36-22(17-30)13-14-23(18)31)9-4-7-20(28)8-5-15-35-29(34-2)38-24/h3-8,10-11,13-15,21-23,30-31H,9,12,16-17,28H2,1-2H3/b7-4+,14-13+,15-5+,18-11-,20-8-. The molecule has 2 bridgehead atoms. The second-order valence-corrected chi connectivity index (χ2v) is 8.45. The highest BCUT2D eigenvalue weighted by atomic mass is 17.2. The van der Waals surface area contributed by atoms with Gasteiger partial charge < -0.3 is 35.1 Å². The van der Waals surface area contributed by atoms with Crippen molar-refractivity contribution in [1.82, 2.24) is 5.39 Å². The number of fused-ring (bicyclic) bond motifs is 2. The molecule has 1 aromatic rings. The number of aliphatic hydroxyl groups is 2. The quantitative estimate of drug-likeness (QED) is 0.383. The van der Waals surface area contributed by atoms with Crippen molar-refractivity contribution in [2.75, 3.05) is 13.7 Å². The van der Waals surface area contributed by atoms with E-state index in [-0.39, 0.29) is 30.6 Å². The van der Waals surface area contributed by atoms with E-state index in [2.05, 4.69) is 0 Å². The monoisotopic (exact) mass is 528 g/mol. The molecule has 1 aromatic carbocycles. The highest BCUT2D eigenvalue weighted by Gasteiger charge is 2.27. The van der Waals surface area contributed by atoms with Gasteiger partial charge in [-0.2, -0.15) is 0 Å². The molecule has 0 saturated carbocycles. The zero-order valence-corrected chi connectivity index (χ0v) is 21.2. The third-order valence-corrected chi connectivity index (χ3v) is 5.61. The number of hydrogen-bond donors (Lipinski definition) is 3. The summed E-state index contributed by atoms with van der Waals surface area (Å²) in [5.74, 6) is -1.39. The van der Waals surface area contributed by atoms with Crippen LogP contribution in [-0.4, -0.2) is 59.6 Å². The lowest BCUT2D eigenvalue weighted by Crippen LogP contribution is -2.28. The van der Waals surface area contributed by atoms with Gasteiger partial charge >= 0.3 is 11.9 Å². The van der Waals surface area contributed by atoms with Crippen molar-refractivity contribution in [2.24, 2.45) is 5.73 Å². The SMILES string of the molecule is CON1O/C=C/C=C(N)/C=C/CC2CC(=O)OC(CO)/C=C/C(O)/C(C)=C\Cc3cccc(c3C(=O)O2)O1. The summed E-state index contributed by atoms with van der Waals surface area (Å²) in [7, 11) is 1.31. The lowest BCUT2D eigenvalue weighted by atomic mass is 10.0. The van der Waals surface area contributed by atoms with E-state index in [9.17, 15) is 19.8 Å². The van der Waals surface area contributed by atoms with Gasteiger partial charge in [-0.1, -0.05) is 30.4 Å². The molecule has 204 valence electrons. The summed E-state index contributed by atoms with van der Waals surface area (Å²) in [5.41, 5.74) is 7.51. The molecule has 11 heteroatoms. The minimum atomic E-state index is -1.01. The molecular weight excluding hydrogens is 496 g/mol. The van der Waals surface area contributed by atoms with Gasteiger partial charge in [0.25, 0.3) is 0 Å². The lowest BCUT2D eigenvalue weighted by molar-refractivity contribution is -0.462. The Morgan fingerprint density at radius 3 is 2.79 bits per heavy atom. The zero-order chi connectivity index (χ0) is 27.5. The van der Waals surface area contributed by atoms with Crippen LogP contribution >= 0.6 is 0 Å². The van der Waals surface area contributed by atoms with Crippen LogP contribution in [0.4, 0.5) is 0 Å². The summed E-state index contributed by atoms with van der Waals surface area (Å²) < 4.78 is 11.1. The Hall–Kier alpha value is -3.90. The summed E-state index contributed by atoms with van der Waals surface area (Å²) in [6.07, 6.45) is 9.37. The van der Waals surface area contributed by atoms with Crippen LogP contribution in [0.25, 0.3) is 0 Å². The molecule has 3 unspecified atom stereocenters. The third kappa shape index (κ3) is 8.32. The number of esters is 2. The smallest absolute Gasteiger partial charge is 0.342 e. The van der Waals surface area contributed by atoms with E-state index in [0.717, 1.165) is 0 Å². The normalized spacial score (nSPS) is 29.1. The van der Waals surface area contributed by atoms with Crippen molar-refractivity contribution in [3.05, 3.63) is 89.4 Å². The van der Waals surface area contributed by atoms with E-state index < -0.39 is 36.9 Å². The van der Waals surface area contributed by atoms with Crippen molar-refractivity contribution in [3.63, 3.8) is 0 Å². The highest BCUT2D eigenvalue weighted by molar-refractivity contribution is 5.94. The van der Waals surface area contributed by atoms with E-state index in [0.29, 0.717) is 22.2 Å². The number of benzene rings is 1. The zero-order valence-electron chi connectivity index (χ0n) is 21.2. The maximum Gasteiger partial charge on any atom is 0.342 e. The average Bonchev–Trinajstić information content (AvgIpc) is 2.90. The Balaban J connectivity index is 2.11. The Morgan fingerprint density at radius 1 is 1.21 bits per heavy atom. The van der Waals surface area contributed by atoms with Crippen molar-refractivity contribution < 1.29 is 43.8 Å². The summed E-state index contributed by atoms with van der Waals surface area (Å²) >= 11 is 0. The number of hydrogen-bond acceptors (Lipinski definition) is 11. The van der Waals surface area contributed by atoms with E-state index in [1.807, 2.05) is 0 Å². The lowest BCUT2D eigenvalue weighted by Gasteiger charge is -2.21. The minimum absolute atomic E-state index is 0.0701. The number of allylic oxidation sites excluding steroid dienone is 4. The minimum Gasteiger partial charge on any atom is -0.458 e. The summed E-state index contributed by atoms with van der Waals surface area (Å²) in [6, 6.07) is 4.93. The first-order valence-corrected chi connectivity index (χ1v) is 11.9. The molecular formula is C27H32N2O9. The molecule has 2 aliphatic heterocycles. The Labute approximate surface area is 220 Å². The Bertz CT molecular complexity index is 1140. The largest absolute Gasteiger partial charge is 0.458 e. The molecule has 11 nitrogen and oxygen atoms in total. The fourth-order valence-corrected chi connectivity index (χ4v) is 3.58. The van der Waals surface area contributed by atoms with Gasteiger partial charge in [-0.15, -0.1) is 0 Å². The number of nitrogens with two attached hydrogens (primary N) is 1. The first kappa shape index (κ1) is 28.7. The Kier molecular flexibility index (Phi) is 10.7. The van der Waals surface area contributed by atoms with E-state index in [1.165, 1.54) is 37.7 Å². The van der Waals surface area contributed by atoms with Crippen LogP contribution in [0.2, 0.25) is 0 Å². The van der Waals surface area contributed by atoms with Crippen LogP contribution in [0.5, 0.6) is 5.75 Å². The number of cyclic esters (lactones) is 1. The molecule has 2 heterocycles. The van der Waals surface area contributed by atoms with Gasteiger partial charge in [0, 0.05) is 12.1 Å². The molecule has 0 aromatic heterocycles. The number of carbonyl (C=O) groups excluding carboxylic acids is 2. The van der Waals surface area contributed by atoms with E-state index >= 15 is 0 Å². The van der Waals surface area contributed by atoms with Gasteiger partial charge in [0.05, 0.1) is 26.2 Å². The predicted octanol–water partition coefficient (Wildman–Crippen LogP) is 2.33. The van der Waals surface area contributed by atoms with Crippen molar-refractivity contribution >= 4 is 11.9 Å². The number of rotatable bonds is 2. The summed E-state index contributed by atoms with van der Waals surface area (Å²) in [6.45, 7) is 1.23. The van der Waals surface area contributed by atoms with Gasteiger partial charge in [-0.25, -0.2) is 9.63 Å². The average molecular weight is 529 g/mol. The van der Waals surface area contributed by atoms with Crippen molar-refractivity contribution in [3.8, 4) is 5.75 Å². The molecule has 38 heavy (non-hydrogen) atoms.